The number of hydrogen-bond donors (Lipinski definition) is 1. The minimum Gasteiger partial charge on any atom is -0.359 e. The second-order valence-electron chi connectivity index (χ2n) is 5.66. The van der Waals surface area contributed by atoms with Gasteiger partial charge < -0.3 is 27.9 Å². The van der Waals surface area contributed by atoms with Gasteiger partial charge in [0.2, 0.25) is 5.52 Å². The van der Waals surface area contributed by atoms with Crippen molar-refractivity contribution < 1.29 is 31.7 Å². The van der Waals surface area contributed by atoms with Crippen molar-refractivity contribution in [2.45, 2.75) is 52.0 Å². The lowest BCUT2D eigenvalue weighted by Gasteiger charge is -2.31. The maximum atomic E-state index is 13.4. The van der Waals surface area contributed by atoms with Crippen LogP contribution in [0.3, 0.4) is 0 Å². The molecule has 1 aliphatic rings. The maximum Gasteiger partial charge on any atom is 0.365 e. The molecule has 0 aromatic carbocycles. The zero-order valence-corrected chi connectivity index (χ0v) is 17.5. The van der Waals surface area contributed by atoms with Crippen molar-refractivity contribution in [2.75, 3.05) is 31.7 Å². The Balaban J connectivity index is 2.37. The molecule has 2 rings (SSSR count). The Bertz CT molecular complexity index is 612. The van der Waals surface area contributed by atoms with E-state index in [0.29, 0.717) is 5.92 Å². The molecule has 9 nitrogen and oxygen atoms in total. The molecule has 0 unspecified atom stereocenters. The van der Waals surface area contributed by atoms with E-state index >= 15 is 0 Å². The van der Waals surface area contributed by atoms with Crippen molar-refractivity contribution >= 4 is 21.0 Å². The van der Waals surface area contributed by atoms with Crippen LogP contribution in [0.1, 0.15) is 52.2 Å². The van der Waals surface area contributed by atoms with Crippen LogP contribution in [-0.4, -0.2) is 37.1 Å². The van der Waals surface area contributed by atoms with E-state index in [1.807, 2.05) is 0 Å². The van der Waals surface area contributed by atoms with Crippen molar-refractivity contribution in [1.82, 2.24) is 5.16 Å². The average Bonchev–Trinajstić information content (AvgIpc) is 3.32. The van der Waals surface area contributed by atoms with Gasteiger partial charge in [0, 0.05) is 12.0 Å². The van der Waals surface area contributed by atoms with Gasteiger partial charge >= 0.3 is 15.2 Å². The highest BCUT2D eigenvalue weighted by molar-refractivity contribution is 7.72. The Kier molecular flexibility index (Phi) is 7.89. The first kappa shape index (κ1) is 21.6. The van der Waals surface area contributed by atoms with Crippen molar-refractivity contribution in [1.29, 1.82) is 0 Å². The molecule has 0 bridgehead atoms. The highest BCUT2D eigenvalue weighted by atomic mass is 31.2. The largest absolute Gasteiger partial charge is 0.365 e. The Morgan fingerprint density at radius 3 is 1.88 bits per heavy atom. The van der Waals surface area contributed by atoms with Gasteiger partial charge in [-0.2, -0.15) is 0 Å². The number of rotatable bonds is 13. The van der Waals surface area contributed by atoms with Crippen LogP contribution in [0.25, 0.3) is 0 Å². The van der Waals surface area contributed by atoms with E-state index in [2.05, 4.69) is 10.5 Å². The summed E-state index contributed by atoms with van der Waals surface area (Å²) in [5.41, 5.74) is -1.35. The Morgan fingerprint density at radius 2 is 1.50 bits per heavy atom. The van der Waals surface area contributed by atoms with Crippen LogP contribution in [0, 0.1) is 0 Å². The van der Waals surface area contributed by atoms with E-state index in [1.165, 1.54) is 0 Å². The molecule has 0 amide bonds. The summed E-state index contributed by atoms with van der Waals surface area (Å²) in [5.74, 6) is 1.38. The van der Waals surface area contributed by atoms with Gasteiger partial charge in [0.25, 0.3) is 0 Å². The summed E-state index contributed by atoms with van der Waals surface area (Å²) in [6.07, 6.45) is 2.09. The molecular formula is C15H28N2O7P2. The molecule has 26 heavy (non-hydrogen) atoms. The van der Waals surface area contributed by atoms with Crippen LogP contribution in [-0.2, 0) is 27.2 Å². The van der Waals surface area contributed by atoms with Gasteiger partial charge in [-0.05, 0) is 40.5 Å². The molecule has 150 valence electrons. The van der Waals surface area contributed by atoms with Crippen LogP contribution in [0.4, 0.5) is 5.82 Å². The molecule has 1 saturated carbocycles. The topological polar surface area (TPSA) is 109 Å². The van der Waals surface area contributed by atoms with Gasteiger partial charge in [-0.3, -0.25) is 9.13 Å². The number of anilines is 1. The summed E-state index contributed by atoms with van der Waals surface area (Å²) in [7, 11) is -7.76. The first-order chi connectivity index (χ1) is 12.4. The first-order valence-corrected chi connectivity index (χ1v) is 12.2. The molecule has 0 radical (unpaired) electrons. The molecular weight excluding hydrogens is 382 g/mol. The number of nitrogens with one attached hydrogen (secondary N) is 1. The molecule has 0 atom stereocenters. The molecule has 11 heteroatoms. The summed E-state index contributed by atoms with van der Waals surface area (Å²) in [6, 6.07) is 1.70. The van der Waals surface area contributed by atoms with Gasteiger partial charge in [0.05, 0.1) is 26.4 Å². The minimum absolute atomic E-state index is 0.111. The zero-order chi connectivity index (χ0) is 19.2. The molecule has 1 fully saturated rings. The third-order valence-electron chi connectivity index (χ3n) is 3.62. The predicted octanol–water partition coefficient (Wildman–Crippen LogP) is 4.78. The SMILES string of the molecule is CCOP(=O)(OCC)C(Nc1cc(C2CC2)on1)P(=O)(OCC)OCC. The van der Waals surface area contributed by atoms with Gasteiger partial charge in [0.1, 0.15) is 5.76 Å². The van der Waals surface area contributed by atoms with E-state index in [0.717, 1.165) is 18.6 Å². The molecule has 1 aromatic heterocycles. The fraction of sp³-hybridized carbons (Fsp3) is 0.800. The predicted molar refractivity (Wildman–Crippen MR) is 97.6 cm³/mol. The van der Waals surface area contributed by atoms with E-state index in [9.17, 15) is 9.13 Å². The van der Waals surface area contributed by atoms with E-state index in [1.54, 1.807) is 33.8 Å². The Labute approximate surface area is 154 Å². The second-order valence-corrected chi connectivity index (χ2v) is 10.3. The third-order valence-corrected chi connectivity index (χ3v) is 9.25. The summed E-state index contributed by atoms with van der Waals surface area (Å²) in [6.45, 7) is 7.15. The lowest BCUT2D eigenvalue weighted by molar-refractivity contribution is 0.198. The fourth-order valence-electron chi connectivity index (χ4n) is 2.46. The standard InChI is InChI=1S/C15H28N2O7P2/c1-5-20-25(18,21-6-2)15(26(19,22-7-3)23-8-4)16-14-11-13(24-17-14)12-9-10-12/h11-12,15H,5-10H2,1-4H3,(H,16,17). The van der Waals surface area contributed by atoms with Gasteiger partial charge in [-0.1, -0.05) is 5.16 Å². The minimum atomic E-state index is -3.88. The Morgan fingerprint density at radius 1 is 1.04 bits per heavy atom. The van der Waals surface area contributed by atoms with Crippen molar-refractivity contribution in [3.05, 3.63) is 11.8 Å². The second kappa shape index (κ2) is 9.49. The van der Waals surface area contributed by atoms with Crippen molar-refractivity contribution in [3.63, 3.8) is 0 Å². The first-order valence-electron chi connectivity index (χ1n) is 8.93. The molecule has 1 N–H and O–H groups in total. The van der Waals surface area contributed by atoms with E-state index in [-0.39, 0.29) is 32.2 Å². The normalized spacial score (nSPS) is 15.6. The summed E-state index contributed by atoms with van der Waals surface area (Å²) in [5, 5.41) is 6.81. The van der Waals surface area contributed by atoms with Crippen LogP contribution in [0.2, 0.25) is 0 Å². The molecule has 1 aliphatic carbocycles. The average molecular weight is 410 g/mol. The van der Waals surface area contributed by atoms with Crippen molar-refractivity contribution in [2.24, 2.45) is 0 Å². The van der Waals surface area contributed by atoms with Crippen LogP contribution in [0.15, 0.2) is 10.6 Å². The Hall–Kier alpha value is -0.690. The molecule has 0 spiro atoms. The zero-order valence-electron chi connectivity index (χ0n) is 15.7. The monoisotopic (exact) mass is 410 g/mol. The van der Waals surface area contributed by atoms with E-state index in [4.69, 9.17) is 22.6 Å². The number of hydrogen-bond acceptors (Lipinski definition) is 9. The summed E-state index contributed by atoms with van der Waals surface area (Å²) in [4.78, 5) is 0. The van der Waals surface area contributed by atoms with Crippen LogP contribution < -0.4 is 5.32 Å². The van der Waals surface area contributed by atoms with Gasteiger partial charge in [0.15, 0.2) is 5.82 Å². The number of aromatic nitrogens is 1. The third kappa shape index (κ3) is 5.18. The molecule has 0 aliphatic heterocycles. The van der Waals surface area contributed by atoms with Gasteiger partial charge in [-0.15, -0.1) is 0 Å². The summed E-state index contributed by atoms with van der Waals surface area (Å²) >= 11 is 0. The fourth-order valence-corrected chi connectivity index (χ4v) is 7.38. The molecule has 1 heterocycles. The lowest BCUT2D eigenvalue weighted by atomic mass is 10.3. The lowest BCUT2D eigenvalue weighted by Crippen LogP contribution is -2.25. The highest BCUT2D eigenvalue weighted by Gasteiger charge is 2.51. The molecule has 0 saturated heterocycles. The quantitative estimate of drug-likeness (QED) is 0.459. The van der Waals surface area contributed by atoms with E-state index < -0.39 is 20.7 Å². The maximum absolute atomic E-state index is 13.4. The molecule has 1 aromatic rings. The van der Waals surface area contributed by atoms with Crippen LogP contribution >= 0.6 is 15.2 Å². The van der Waals surface area contributed by atoms with Crippen molar-refractivity contribution in [3.8, 4) is 0 Å². The highest BCUT2D eigenvalue weighted by Crippen LogP contribution is 2.70. The van der Waals surface area contributed by atoms with Gasteiger partial charge in [-0.25, -0.2) is 0 Å². The summed E-state index contributed by atoms with van der Waals surface area (Å²) < 4.78 is 53.6. The van der Waals surface area contributed by atoms with Crippen LogP contribution in [0.5, 0.6) is 0 Å². The number of nitrogens with zero attached hydrogens (tertiary/aromatic N) is 1. The smallest absolute Gasteiger partial charge is 0.359 e.